The molecule has 0 bridgehead atoms. The summed E-state index contributed by atoms with van der Waals surface area (Å²) in [6.07, 6.45) is 1.81. The summed E-state index contributed by atoms with van der Waals surface area (Å²) in [6, 6.07) is 6.52. The zero-order valence-corrected chi connectivity index (χ0v) is 11.5. The van der Waals surface area contributed by atoms with Gasteiger partial charge in [0, 0.05) is 0 Å². The van der Waals surface area contributed by atoms with Crippen molar-refractivity contribution in [2.75, 3.05) is 0 Å². The lowest BCUT2D eigenvalue weighted by molar-refractivity contribution is 0.890. The number of benzene rings is 1. The van der Waals surface area contributed by atoms with Crippen LogP contribution in [-0.2, 0) is 19.4 Å². The molecule has 2 rings (SSSR count). The summed E-state index contributed by atoms with van der Waals surface area (Å²) in [4.78, 5) is 7.33. The maximum atomic E-state index is 6.06. The molecule has 0 amide bonds. The maximum Gasteiger partial charge on any atom is 0.150 e. The summed E-state index contributed by atoms with van der Waals surface area (Å²) in [5, 5.41) is 0.542. The zero-order valence-electron chi connectivity index (χ0n) is 10.8. The van der Waals surface area contributed by atoms with Gasteiger partial charge in [0.05, 0.1) is 12.2 Å². The van der Waals surface area contributed by atoms with E-state index in [9.17, 15) is 0 Å². The number of halogens is 1. The summed E-state index contributed by atoms with van der Waals surface area (Å²) in [5.41, 5.74) is 10.5. The van der Waals surface area contributed by atoms with E-state index in [1.165, 1.54) is 16.7 Å². The van der Waals surface area contributed by atoms with Crippen molar-refractivity contribution >= 4 is 11.6 Å². The first-order valence-corrected chi connectivity index (χ1v) is 6.47. The smallest absolute Gasteiger partial charge is 0.150 e. The highest BCUT2D eigenvalue weighted by atomic mass is 35.5. The SMILES string of the molecule is Cc1ccc(CCc2[nH]c(CN)nc2Cl)c(C)c1. The van der Waals surface area contributed by atoms with E-state index in [0.717, 1.165) is 24.4 Å². The van der Waals surface area contributed by atoms with Crippen LogP contribution in [0, 0.1) is 13.8 Å². The number of hydrogen-bond donors (Lipinski definition) is 2. The molecule has 1 aromatic heterocycles. The van der Waals surface area contributed by atoms with Gasteiger partial charge in [0.25, 0.3) is 0 Å². The molecule has 0 aliphatic carbocycles. The molecule has 3 nitrogen and oxygen atoms in total. The quantitative estimate of drug-likeness (QED) is 0.891. The summed E-state index contributed by atoms with van der Waals surface area (Å²) >= 11 is 6.06. The first-order valence-electron chi connectivity index (χ1n) is 6.09. The molecule has 0 atom stereocenters. The van der Waals surface area contributed by atoms with E-state index in [1.807, 2.05) is 0 Å². The Balaban J connectivity index is 2.08. The van der Waals surface area contributed by atoms with E-state index in [4.69, 9.17) is 17.3 Å². The lowest BCUT2D eigenvalue weighted by atomic mass is 10.0. The Morgan fingerprint density at radius 1 is 1.28 bits per heavy atom. The van der Waals surface area contributed by atoms with E-state index in [-0.39, 0.29) is 0 Å². The molecule has 0 aliphatic heterocycles. The molecule has 0 spiro atoms. The van der Waals surface area contributed by atoms with E-state index >= 15 is 0 Å². The number of nitrogens with zero attached hydrogens (tertiary/aromatic N) is 1. The highest BCUT2D eigenvalue weighted by Gasteiger charge is 2.08. The van der Waals surface area contributed by atoms with Gasteiger partial charge in [-0.2, -0.15) is 0 Å². The predicted molar refractivity (Wildman–Crippen MR) is 74.8 cm³/mol. The minimum absolute atomic E-state index is 0.392. The van der Waals surface area contributed by atoms with Crippen LogP contribution in [0.5, 0.6) is 0 Å². The third-order valence-electron chi connectivity index (χ3n) is 3.11. The second-order valence-corrected chi connectivity index (χ2v) is 4.94. The number of aromatic nitrogens is 2. The molecule has 0 fully saturated rings. The minimum atomic E-state index is 0.392. The lowest BCUT2D eigenvalue weighted by Gasteiger charge is -2.06. The lowest BCUT2D eigenvalue weighted by Crippen LogP contribution is -1.99. The number of aromatic amines is 1. The third-order valence-corrected chi connectivity index (χ3v) is 3.43. The Kier molecular flexibility index (Phi) is 4.04. The molecule has 96 valence electrons. The normalized spacial score (nSPS) is 10.9. The number of imidazole rings is 1. The van der Waals surface area contributed by atoms with Crippen LogP contribution in [0.3, 0.4) is 0 Å². The molecule has 2 aromatic rings. The van der Waals surface area contributed by atoms with Crippen LogP contribution in [-0.4, -0.2) is 9.97 Å². The number of nitrogens with two attached hydrogens (primary N) is 1. The van der Waals surface area contributed by atoms with Crippen molar-refractivity contribution < 1.29 is 0 Å². The highest BCUT2D eigenvalue weighted by Crippen LogP contribution is 2.17. The van der Waals surface area contributed by atoms with E-state index in [1.54, 1.807) is 0 Å². The number of rotatable bonds is 4. The molecular formula is C14H18ClN3. The molecule has 0 saturated carbocycles. The summed E-state index contributed by atoms with van der Waals surface area (Å²) < 4.78 is 0. The van der Waals surface area contributed by atoms with E-state index in [0.29, 0.717) is 11.7 Å². The van der Waals surface area contributed by atoms with Crippen LogP contribution in [0.1, 0.15) is 28.2 Å². The van der Waals surface area contributed by atoms with Crippen molar-refractivity contribution in [3.8, 4) is 0 Å². The number of nitrogens with one attached hydrogen (secondary N) is 1. The van der Waals surface area contributed by atoms with Crippen molar-refractivity contribution in [1.82, 2.24) is 9.97 Å². The molecule has 1 heterocycles. The highest BCUT2D eigenvalue weighted by molar-refractivity contribution is 6.30. The monoisotopic (exact) mass is 263 g/mol. The van der Waals surface area contributed by atoms with Gasteiger partial charge in [-0.15, -0.1) is 0 Å². The van der Waals surface area contributed by atoms with Crippen LogP contribution in [0.2, 0.25) is 5.15 Å². The van der Waals surface area contributed by atoms with Gasteiger partial charge in [-0.1, -0.05) is 35.4 Å². The summed E-state index contributed by atoms with van der Waals surface area (Å²) in [5.74, 6) is 0.746. The Hall–Kier alpha value is -1.32. The largest absolute Gasteiger partial charge is 0.343 e. The van der Waals surface area contributed by atoms with Crippen LogP contribution in [0.4, 0.5) is 0 Å². The Morgan fingerprint density at radius 2 is 2.06 bits per heavy atom. The van der Waals surface area contributed by atoms with Crippen LogP contribution < -0.4 is 5.73 Å². The van der Waals surface area contributed by atoms with Gasteiger partial charge in [-0.3, -0.25) is 0 Å². The molecule has 0 radical (unpaired) electrons. The van der Waals surface area contributed by atoms with Gasteiger partial charge >= 0.3 is 0 Å². The zero-order chi connectivity index (χ0) is 13.1. The minimum Gasteiger partial charge on any atom is -0.343 e. The van der Waals surface area contributed by atoms with Gasteiger partial charge in [0.2, 0.25) is 0 Å². The molecule has 0 aliphatic rings. The van der Waals surface area contributed by atoms with E-state index < -0.39 is 0 Å². The van der Waals surface area contributed by atoms with Crippen molar-refractivity contribution in [1.29, 1.82) is 0 Å². The van der Waals surface area contributed by atoms with Crippen LogP contribution >= 0.6 is 11.6 Å². The average molecular weight is 264 g/mol. The van der Waals surface area contributed by atoms with Crippen LogP contribution in [0.25, 0.3) is 0 Å². The molecule has 0 unspecified atom stereocenters. The average Bonchev–Trinajstić information content (AvgIpc) is 2.69. The second-order valence-electron chi connectivity index (χ2n) is 4.59. The molecule has 0 saturated heterocycles. The van der Waals surface area contributed by atoms with Crippen molar-refractivity contribution in [2.45, 2.75) is 33.2 Å². The summed E-state index contributed by atoms with van der Waals surface area (Å²) in [6.45, 7) is 4.64. The Bertz CT molecular complexity index is 546. The van der Waals surface area contributed by atoms with Crippen molar-refractivity contribution in [3.63, 3.8) is 0 Å². The Labute approximate surface area is 112 Å². The first kappa shape index (κ1) is 13.1. The van der Waals surface area contributed by atoms with Gasteiger partial charge in [0.1, 0.15) is 11.0 Å². The number of H-pyrrole nitrogens is 1. The fraction of sp³-hybridized carbons (Fsp3) is 0.357. The van der Waals surface area contributed by atoms with E-state index in [2.05, 4.69) is 42.0 Å². The van der Waals surface area contributed by atoms with Crippen LogP contribution in [0.15, 0.2) is 18.2 Å². The molecule has 4 heteroatoms. The fourth-order valence-corrected chi connectivity index (χ4v) is 2.33. The first-order chi connectivity index (χ1) is 8.60. The number of hydrogen-bond acceptors (Lipinski definition) is 2. The predicted octanol–water partition coefficient (Wildman–Crippen LogP) is 2.92. The van der Waals surface area contributed by atoms with Gasteiger partial charge in [0.15, 0.2) is 0 Å². The van der Waals surface area contributed by atoms with Gasteiger partial charge < -0.3 is 10.7 Å². The third kappa shape index (κ3) is 2.92. The molecule has 3 N–H and O–H groups in total. The topological polar surface area (TPSA) is 54.7 Å². The molecule has 18 heavy (non-hydrogen) atoms. The molecule has 1 aromatic carbocycles. The van der Waals surface area contributed by atoms with Crippen molar-refractivity contribution in [3.05, 3.63) is 51.6 Å². The fourth-order valence-electron chi connectivity index (χ4n) is 2.09. The van der Waals surface area contributed by atoms with Gasteiger partial charge in [-0.05, 0) is 37.8 Å². The number of aryl methyl sites for hydroxylation is 4. The van der Waals surface area contributed by atoms with Crippen molar-refractivity contribution in [2.24, 2.45) is 5.73 Å². The summed E-state index contributed by atoms with van der Waals surface area (Å²) in [7, 11) is 0. The maximum absolute atomic E-state index is 6.06. The van der Waals surface area contributed by atoms with Gasteiger partial charge in [-0.25, -0.2) is 4.98 Å². The standard InChI is InChI=1S/C14H18ClN3/c1-9-3-4-11(10(2)7-9)5-6-12-14(15)18-13(8-16)17-12/h3-4,7H,5-6,8,16H2,1-2H3,(H,17,18). The molecular weight excluding hydrogens is 246 g/mol. The Morgan fingerprint density at radius 3 is 2.67 bits per heavy atom. The second kappa shape index (κ2) is 5.55.